The molecule has 2 rings (SSSR count). The molecule has 1 unspecified atom stereocenters. The van der Waals surface area contributed by atoms with Crippen molar-refractivity contribution in [2.45, 2.75) is 32.4 Å². The summed E-state index contributed by atoms with van der Waals surface area (Å²) in [5, 5.41) is 11.9. The lowest BCUT2D eigenvalue weighted by Gasteiger charge is -2.19. The molecule has 23 heavy (non-hydrogen) atoms. The molecule has 1 aromatic heterocycles. The number of benzene rings is 1. The van der Waals surface area contributed by atoms with Gasteiger partial charge in [-0.1, -0.05) is 30.3 Å². The van der Waals surface area contributed by atoms with E-state index in [1.54, 1.807) is 6.07 Å². The van der Waals surface area contributed by atoms with Gasteiger partial charge in [-0.3, -0.25) is 9.59 Å². The molecule has 0 aliphatic rings. The highest BCUT2D eigenvalue weighted by Gasteiger charge is 2.19. The number of carbonyl (C=O) groups excluding carboxylic acids is 1. The van der Waals surface area contributed by atoms with Gasteiger partial charge in [0, 0.05) is 23.6 Å². The topological polar surface area (TPSA) is 71.3 Å². The monoisotopic (exact) mass is 378 g/mol. The zero-order valence-corrected chi connectivity index (χ0v) is 14.4. The normalized spacial score (nSPS) is 11.9. The molecule has 0 saturated heterocycles. The molecule has 0 aliphatic heterocycles. The zero-order valence-electron chi connectivity index (χ0n) is 12.8. The molecule has 122 valence electrons. The smallest absolute Gasteiger partial charge is 0.303 e. The summed E-state index contributed by atoms with van der Waals surface area (Å²) in [7, 11) is 0. The first-order chi connectivity index (χ1) is 11.0. The summed E-state index contributed by atoms with van der Waals surface area (Å²) >= 11 is 3.37. The molecule has 0 aliphatic carbocycles. The molecule has 1 atom stereocenters. The molecule has 5 nitrogen and oxygen atoms in total. The average Bonchev–Trinajstić information content (AvgIpc) is 2.93. The number of carboxylic acids is 1. The first-order valence-electron chi connectivity index (χ1n) is 7.44. The van der Waals surface area contributed by atoms with E-state index in [4.69, 9.17) is 5.11 Å². The standard InChI is InChI=1S/C17H19BrN2O3/c1-2-20-11-13(18)10-15(20)17(23)19-14(8-9-16(21)22)12-6-4-3-5-7-12/h3-7,10-11,14H,2,8-9H2,1H3,(H,19,23)(H,21,22). The van der Waals surface area contributed by atoms with Crippen LogP contribution in [0.15, 0.2) is 47.1 Å². The summed E-state index contributed by atoms with van der Waals surface area (Å²) < 4.78 is 2.69. The Balaban J connectivity index is 2.19. The molecule has 0 spiro atoms. The summed E-state index contributed by atoms with van der Waals surface area (Å²) in [4.78, 5) is 23.4. The van der Waals surface area contributed by atoms with Crippen molar-refractivity contribution in [2.24, 2.45) is 0 Å². The van der Waals surface area contributed by atoms with Crippen LogP contribution in [-0.4, -0.2) is 21.6 Å². The molecular weight excluding hydrogens is 360 g/mol. The van der Waals surface area contributed by atoms with Crippen molar-refractivity contribution in [3.05, 3.63) is 58.3 Å². The lowest BCUT2D eigenvalue weighted by atomic mass is 10.0. The summed E-state index contributed by atoms with van der Waals surface area (Å²) in [5.74, 6) is -1.09. The largest absolute Gasteiger partial charge is 0.481 e. The Morgan fingerprint density at radius 1 is 1.30 bits per heavy atom. The third kappa shape index (κ3) is 4.69. The number of aliphatic carboxylic acids is 1. The van der Waals surface area contributed by atoms with Gasteiger partial charge in [0.2, 0.25) is 0 Å². The Kier molecular flexibility index (Phi) is 5.98. The van der Waals surface area contributed by atoms with Crippen LogP contribution in [0.4, 0.5) is 0 Å². The van der Waals surface area contributed by atoms with E-state index in [1.807, 2.05) is 48.0 Å². The summed E-state index contributed by atoms with van der Waals surface area (Å²) in [6.07, 6.45) is 2.20. The van der Waals surface area contributed by atoms with Gasteiger partial charge in [-0.25, -0.2) is 0 Å². The van der Waals surface area contributed by atoms with Crippen molar-refractivity contribution in [1.82, 2.24) is 9.88 Å². The van der Waals surface area contributed by atoms with E-state index in [0.29, 0.717) is 18.7 Å². The number of hydrogen-bond donors (Lipinski definition) is 2. The van der Waals surface area contributed by atoms with E-state index >= 15 is 0 Å². The van der Waals surface area contributed by atoms with Gasteiger partial charge in [-0.15, -0.1) is 0 Å². The Labute approximate surface area is 143 Å². The van der Waals surface area contributed by atoms with Crippen molar-refractivity contribution in [2.75, 3.05) is 0 Å². The molecule has 0 saturated carbocycles. The van der Waals surface area contributed by atoms with Crippen LogP contribution in [0.3, 0.4) is 0 Å². The summed E-state index contributed by atoms with van der Waals surface area (Å²) in [5.41, 5.74) is 1.45. The van der Waals surface area contributed by atoms with E-state index in [1.165, 1.54) is 0 Å². The molecule has 1 heterocycles. The molecule has 1 aromatic carbocycles. The van der Waals surface area contributed by atoms with Crippen LogP contribution < -0.4 is 5.32 Å². The van der Waals surface area contributed by atoms with Crippen LogP contribution in [0.1, 0.15) is 41.9 Å². The maximum atomic E-state index is 12.6. The highest BCUT2D eigenvalue weighted by molar-refractivity contribution is 9.10. The van der Waals surface area contributed by atoms with Crippen LogP contribution in [0.2, 0.25) is 0 Å². The molecule has 1 amide bonds. The van der Waals surface area contributed by atoms with Crippen LogP contribution in [0.25, 0.3) is 0 Å². The second-order valence-electron chi connectivity index (χ2n) is 5.20. The highest BCUT2D eigenvalue weighted by atomic mass is 79.9. The third-order valence-corrected chi connectivity index (χ3v) is 4.02. The maximum absolute atomic E-state index is 12.6. The molecule has 6 heteroatoms. The van der Waals surface area contributed by atoms with Crippen LogP contribution >= 0.6 is 15.9 Å². The van der Waals surface area contributed by atoms with Crippen molar-refractivity contribution >= 4 is 27.8 Å². The number of aromatic nitrogens is 1. The number of carbonyl (C=O) groups is 2. The molecule has 2 N–H and O–H groups in total. The fourth-order valence-electron chi connectivity index (χ4n) is 2.43. The minimum absolute atomic E-state index is 0.00166. The van der Waals surface area contributed by atoms with Gasteiger partial charge in [0.15, 0.2) is 0 Å². The Morgan fingerprint density at radius 2 is 2.00 bits per heavy atom. The van der Waals surface area contributed by atoms with E-state index < -0.39 is 5.97 Å². The van der Waals surface area contributed by atoms with Crippen molar-refractivity contribution in [3.8, 4) is 0 Å². The summed E-state index contributed by atoms with van der Waals surface area (Å²) in [6.45, 7) is 2.64. The fraction of sp³-hybridized carbons (Fsp3) is 0.294. The molecule has 0 radical (unpaired) electrons. The van der Waals surface area contributed by atoms with Crippen molar-refractivity contribution in [1.29, 1.82) is 0 Å². The predicted octanol–water partition coefficient (Wildman–Crippen LogP) is 3.61. The highest BCUT2D eigenvalue weighted by Crippen LogP contribution is 2.21. The quantitative estimate of drug-likeness (QED) is 0.772. The minimum atomic E-state index is -0.875. The van der Waals surface area contributed by atoms with Crippen molar-refractivity contribution < 1.29 is 14.7 Å². The Morgan fingerprint density at radius 3 is 2.61 bits per heavy atom. The van der Waals surface area contributed by atoms with Gasteiger partial charge < -0.3 is 15.0 Å². The lowest BCUT2D eigenvalue weighted by molar-refractivity contribution is -0.137. The number of halogens is 1. The number of hydrogen-bond acceptors (Lipinski definition) is 2. The minimum Gasteiger partial charge on any atom is -0.481 e. The number of nitrogens with one attached hydrogen (secondary N) is 1. The number of carboxylic acid groups (broad SMARTS) is 1. The predicted molar refractivity (Wildman–Crippen MR) is 91.3 cm³/mol. The van der Waals surface area contributed by atoms with Gasteiger partial charge in [-0.05, 0) is 40.9 Å². The zero-order chi connectivity index (χ0) is 16.8. The summed E-state index contributed by atoms with van der Waals surface area (Å²) in [6, 6.07) is 10.8. The van der Waals surface area contributed by atoms with Gasteiger partial charge in [0.05, 0.1) is 6.04 Å². The first kappa shape index (κ1) is 17.3. The first-order valence-corrected chi connectivity index (χ1v) is 8.23. The fourth-order valence-corrected chi connectivity index (χ4v) is 2.90. The van der Waals surface area contributed by atoms with Crippen LogP contribution in [0, 0.1) is 0 Å². The van der Waals surface area contributed by atoms with E-state index in [-0.39, 0.29) is 18.4 Å². The second kappa shape index (κ2) is 7.97. The van der Waals surface area contributed by atoms with Gasteiger partial charge in [0.25, 0.3) is 5.91 Å². The number of amides is 1. The molecule has 0 fully saturated rings. The number of aryl methyl sites for hydroxylation is 1. The number of rotatable bonds is 7. The van der Waals surface area contributed by atoms with Gasteiger partial charge in [-0.2, -0.15) is 0 Å². The molecule has 0 bridgehead atoms. The van der Waals surface area contributed by atoms with E-state index in [9.17, 15) is 9.59 Å². The Bertz CT molecular complexity index is 682. The van der Waals surface area contributed by atoms with Crippen molar-refractivity contribution in [3.63, 3.8) is 0 Å². The Hall–Kier alpha value is -2.08. The lowest BCUT2D eigenvalue weighted by Crippen LogP contribution is -2.30. The molecule has 2 aromatic rings. The average molecular weight is 379 g/mol. The van der Waals surface area contributed by atoms with Gasteiger partial charge in [0.1, 0.15) is 5.69 Å². The maximum Gasteiger partial charge on any atom is 0.303 e. The van der Waals surface area contributed by atoms with E-state index in [0.717, 1.165) is 10.0 Å². The number of nitrogens with zero attached hydrogens (tertiary/aromatic N) is 1. The second-order valence-corrected chi connectivity index (χ2v) is 6.11. The van der Waals surface area contributed by atoms with E-state index in [2.05, 4.69) is 21.2 Å². The molecular formula is C17H19BrN2O3. The third-order valence-electron chi connectivity index (χ3n) is 3.59. The van der Waals surface area contributed by atoms with Crippen LogP contribution in [0.5, 0.6) is 0 Å². The van der Waals surface area contributed by atoms with Gasteiger partial charge >= 0.3 is 5.97 Å². The SMILES string of the molecule is CCn1cc(Br)cc1C(=O)NC(CCC(=O)O)c1ccccc1. The van der Waals surface area contributed by atoms with Crippen LogP contribution in [-0.2, 0) is 11.3 Å².